The molecule has 9 heteroatoms. The fourth-order valence-corrected chi connectivity index (χ4v) is 3.43. The highest BCUT2D eigenvalue weighted by atomic mass is 19.4. The highest BCUT2D eigenvalue weighted by Crippen LogP contribution is 2.44. The summed E-state index contributed by atoms with van der Waals surface area (Å²) in [7, 11) is 1.73. The summed E-state index contributed by atoms with van der Waals surface area (Å²) in [6.45, 7) is 0.257. The second-order valence-electron chi connectivity index (χ2n) is 6.13. The molecule has 3 N–H and O–H groups in total. The predicted molar refractivity (Wildman–Crippen MR) is 81.7 cm³/mol. The monoisotopic (exact) mass is 359 g/mol. The van der Waals surface area contributed by atoms with Gasteiger partial charge in [-0.3, -0.25) is 4.79 Å². The number of alkyl halides is 3. The molecule has 2 aromatic rings. The molecule has 25 heavy (non-hydrogen) atoms. The first-order chi connectivity index (χ1) is 11.6. The summed E-state index contributed by atoms with van der Waals surface area (Å²) in [5.41, 5.74) is -1.57. The molecule has 0 bridgehead atoms. The lowest BCUT2D eigenvalue weighted by molar-refractivity contribution is -0.152. The average Bonchev–Trinajstić information content (AvgIpc) is 2.86. The minimum absolute atomic E-state index is 0.0144. The molecule has 1 fully saturated rings. The first-order valence-corrected chi connectivity index (χ1v) is 7.56. The number of hydrogen-bond acceptors (Lipinski definition) is 6. The minimum atomic E-state index is -4.89. The molecule has 1 saturated heterocycles. The molecule has 2 unspecified atom stereocenters. The van der Waals surface area contributed by atoms with Gasteiger partial charge >= 0.3 is 6.18 Å². The number of aliphatic hydroxyl groups is 1. The largest absolute Gasteiger partial charge is 0.507 e. The Morgan fingerprint density at radius 3 is 2.56 bits per heavy atom. The van der Waals surface area contributed by atoms with Crippen LogP contribution in [0.2, 0.25) is 0 Å². The van der Waals surface area contributed by atoms with Crippen molar-refractivity contribution in [3.05, 3.63) is 33.7 Å². The van der Waals surface area contributed by atoms with Crippen LogP contribution in [0.3, 0.4) is 0 Å². The first kappa shape index (κ1) is 17.6. The summed E-state index contributed by atoms with van der Waals surface area (Å²) >= 11 is 0. The number of nitrogens with zero attached hydrogens (tertiary/aromatic N) is 1. The summed E-state index contributed by atoms with van der Waals surface area (Å²) < 4.78 is 43.9. The van der Waals surface area contributed by atoms with E-state index < -0.39 is 51.8 Å². The van der Waals surface area contributed by atoms with E-state index in [2.05, 4.69) is 0 Å². The van der Waals surface area contributed by atoms with E-state index in [1.165, 1.54) is 0 Å². The Hall–Kier alpha value is -2.26. The van der Waals surface area contributed by atoms with E-state index in [1.807, 2.05) is 0 Å². The van der Waals surface area contributed by atoms with E-state index in [4.69, 9.17) is 4.42 Å². The number of fused-ring (bicyclic) bond motifs is 1. The standard InChI is InChI=1S/C16H16F3NO5/c1-20-3-2-7(8(20)6-21)13-9(22)4-10(23)14-11(24)5-12(16(17,18)19)25-15(13)14/h4-5,7-8,21-23H,2-3,6H2,1H3. The SMILES string of the molecule is CN1CCC(c2c(O)cc(O)c3c(=O)cc(C(F)(F)F)oc23)C1CO. The van der Waals surface area contributed by atoms with Crippen LogP contribution in [0.4, 0.5) is 13.2 Å². The Bertz CT molecular complexity index is 877. The minimum Gasteiger partial charge on any atom is -0.507 e. The molecule has 1 aliphatic rings. The summed E-state index contributed by atoms with van der Waals surface area (Å²) in [6.07, 6.45) is -4.45. The van der Waals surface area contributed by atoms with Crippen LogP contribution in [0.15, 0.2) is 21.3 Å². The van der Waals surface area contributed by atoms with Crippen LogP contribution >= 0.6 is 0 Å². The van der Waals surface area contributed by atoms with Crippen molar-refractivity contribution >= 4 is 11.0 Å². The number of aliphatic hydroxyl groups excluding tert-OH is 1. The quantitative estimate of drug-likeness (QED) is 0.759. The Kier molecular flexibility index (Phi) is 4.16. The maximum atomic E-state index is 13.0. The summed E-state index contributed by atoms with van der Waals surface area (Å²) in [6, 6.07) is 0.723. The van der Waals surface area contributed by atoms with Crippen molar-refractivity contribution in [3.63, 3.8) is 0 Å². The first-order valence-electron chi connectivity index (χ1n) is 7.56. The molecular weight excluding hydrogens is 343 g/mol. The molecule has 1 aromatic heterocycles. The maximum absolute atomic E-state index is 13.0. The van der Waals surface area contributed by atoms with E-state index in [1.54, 1.807) is 11.9 Å². The number of halogens is 3. The van der Waals surface area contributed by atoms with Crippen molar-refractivity contribution in [2.75, 3.05) is 20.2 Å². The van der Waals surface area contributed by atoms with Crippen LogP contribution in [-0.2, 0) is 6.18 Å². The molecule has 6 nitrogen and oxygen atoms in total. The van der Waals surface area contributed by atoms with Crippen LogP contribution < -0.4 is 5.43 Å². The summed E-state index contributed by atoms with van der Waals surface area (Å²) in [5.74, 6) is -3.20. The number of phenols is 2. The molecule has 0 radical (unpaired) electrons. The Morgan fingerprint density at radius 1 is 1.28 bits per heavy atom. The molecule has 0 aliphatic carbocycles. The Labute approximate surface area is 139 Å². The number of likely N-dealkylation sites (tertiary alicyclic amines) is 1. The van der Waals surface area contributed by atoms with Crippen molar-refractivity contribution in [3.8, 4) is 11.5 Å². The number of likely N-dealkylation sites (N-methyl/N-ethyl adjacent to an activating group) is 1. The molecule has 3 rings (SSSR count). The van der Waals surface area contributed by atoms with Gasteiger partial charge in [0.2, 0.25) is 5.76 Å². The normalized spacial score (nSPS) is 22.0. The molecule has 136 valence electrons. The summed E-state index contributed by atoms with van der Waals surface area (Å²) in [5, 5.41) is 29.3. The van der Waals surface area contributed by atoms with Gasteiger partial charge in [0.15, 0.2) is 5.43 Å². The highest BCUT2D eigenvalue weighted by Gasteiger charge is 2.39. The average molecular weight is 359 g/mol. The molecule has 0 amide bonds. The highest BCUT2D eigenvalue weighted by molar-refractivity contribution is 5.88. The molecule has 1 aromatic carbocycles. The lowest BCUT2D eigenvalue weighted by atomic mass is 9.89. The van der Waals surface area contributed by atoms with Crippen molar-refractivity contribution in [1.29, 1.82) is 0 Å². The van der Waals surface area contributed by atoms with Gasteiger partial charge in [0.1, 0.15) is 22.5 Å². The lowest BCUT2D eigenvalue weighted by Crippen LogP contribution is -2.32. The maximum Gasteiger partial charge on any atom is 0.449 e. The number of benzene rings is 1. The van der Waals surface area contributed by atoms with Crippen LogP contribution in [0.5, 0.6) is 11.5 Å². The van der Waals surface area contributed by atoms with Crippen molar-refractivity contribution in [2.45, 2.75) is 24.6 Å². The van der Waals surface area contributed by atoms with Crippen LogP contribution in [-0.4, -0.2) is 46.5 Å². The number of aromatic hydroxyl groups is 2. The predicted octanol–water partition coefficient (Wildman–Crippen LogP) is 2.00. The third-order valence-electron chi connectivity index (χ3n) is 4.66. The zero-order valence-electron chi connectivity index (χ0n) is 13.2. The van der Waals surface area contributed by atoms with E-state index >= 15 is 0 Å². The van der Waals surface area contributed by atoms with E-state index in [0.717, 1.165) is 6.07 Å². The number of rotatable bonds is 2. The summed E-state index contributed by atoms with van der Waals surface area (Å²) in [4.78, 5) is 13.9. The second kappa shape index (κ2) is 5.92. The zero-order valence-corrected chi connectivity index (χ0v) is 13.2. The second-order valence-corrected chi connectivity index (χ2v) is 6.13. The van der Waals surface area contributed by atoms with Gasteiger partial charge in [0.05, 0.1) is 6.61 Å². The van der Waals surface area contributed by atoms with Crippen LogP contribution in [0, 0.1) is 0 Å². The molecule has 0 saturated carbocycles. The van der Waals surface area contributed by atoms with Gasteiger partial charge in [0, 0.05) is 29.7 Å². The molecular formula is C16H16F3NO5. The van der Waals surface area contributed by atoms with Gasteiger partial charge in [-0.15, -0.1) is 0 Å². The fraction of sp³-hybridized carbons (Fsp3) is 0.438. The van der Waals surface area contributed by atoms with E-state index in [9.17, 15) is 33.3 Å². The van der Waals surface area contributed by atoms with Gasteiger partial charge in [0.25, 0.3) is 0 Å². The van der Waals surface area contributed by atoms with E-state index in [-0.39, 0.29) is 18.2 Å². The van der Waals surface area contributed by atoms with Gasteiger partial charge < -0.3 is 24.6 Å². The fourth-order valence-electron chi connectivity index (χ4n) is 3.43. The number of hydrogen-bond donors (Lipinski definition) is 3. The van der Waals surface area contributed by atoms with Crippen molar-refractivity contribution in [2.24, 2.45) is 0 Å². The molecule has 1 aliphatic heterocycles. The van der Waals surface area contributed by atoms with Gasteiger partial charge in [-0.2, -0.15) is 13.2 Å². The van der Waals surface area contributed by atoms with Crippen LogP contribution in [0.25, 0.3) is 11.0 Å². The smallest absolute Gasteiger partial charge is 0.449 e. The molecule has 2 atom stereocenters. The van der Waals surface area contributed by atoms with Gasteiger partial charge in [-0.25, -0.2) is 0 Å². The molecule has 2 heterocycles. The topological polar surface area (TPSA) is 94.1 Å². The van der Waals surface area contributed by atoms with Gasteiger partial charge in [-0.1, -0.05) is 0 Å². The molecule has 0 spiro atoms. The van der Waals surface area contributed by atoms with Crippen molar-refractivity contribution in [1.82, 2.24) is 4.90 Å². The van der Waals surface area contributed by atoms with E-state index in [0.29, 0.717) is 13.0 Å². The zero-order chi connectivity index (χ0) is 18.5. The third-order valence-corrected chi connectivity index (χ3v) is 4.66. The van der Waals surface area contributed by atoms with Crippen LogP contribution in [0.1, 0.15) is 23.7 Å². The van der Waals surface area contributed by atoms with Crippen molar-refractivity contribution < 1.29 is 32.9 Å². The lowest BCUT2D eigenvalue weighted by Gasteiger charge is -2.24. The Balaban J connectivity index is 2.35. The Morgan fingerprint density at radius 2 is 1.96 bits per heavy atom. The third kappa shape index (κ3) is 2.83. The number of phenolic OH excluding ortho intramolecular Hbond substituents is 2. The van der Waals surface area contributed by atoms with Gasteiger partial charge in [-0.05, 0) is 20.0 Å².